The number of aromatic nitrogens is 2. The highest BCUT2D eigenvalue weighted by atomic mass is 35.5. The van der Waals surface area contributed by atoms with E-state index in [0.717, 1.165) is 6.54 Å². The summed E-state index contributed by atoms with van der Waals surface area (Å²) in [6.07, 6.45) is 0. The van der Waals surface area contributed by atoms with Crippen LogP contribution in [-0.2, 0) is 6.54 Å². The van der Waals surface area contributed by atoms with Crippen LogP contribution in [0.4, 0.5) is 4.39 Å². The van der Waals surface area contributed by atoms with Gasteiger partial charge in [0.2, 0.25) is 0 Å². The molecule has 6 heteroatoms. The van der Waals surface area contributed by atoms with Gasteiger partial charge < -0.3 is 9.88 Å². The predicted molar refractivity (Wildman–Crippen MR) is 68.3 cm³/mol. The second-order valence-electron chi connectivity index (χ2n) is 4.05. The SMILES string of the molecule is CN(C)CCn1c(=O)[nH]c2ccc(F)cc21.Cl. The smallest absolute Gasteiger partial charge is 0.308 e. The Morgan fingerprint density at radius 2 is 2.12 bits per heavy atom. The molecular weight excluding hydrogens is 245 g/mol. The van der Waals surface area contributed by atoms with Gasteiger partial charge in [0.1, 0.15) is 5.82 Å². The molecule has 0 bridgehead atoms. The zero-order chi connectivity index (χ0) is 11.7. The molecule has 0 unspecified atom stereocenters. The van der Waals surface area contributed by atoms with Gasteiger partial charge in [-0.2, -0.15) is 0 Å². The number of nitrogens with zero attached hydrogens (tertiary/aromatic N) is 2. The molecule has 0 aliphatic carbocycles. The van der Waals surface area contributed by atoms with Crippen molar-refractivity contribution in [1.82, 2.24) is 14.5 Å². The molecule has 1 aromatic heterocycles. The fourth-order valence-electron chi connectivity index (χ4n) is 1.65. The number of nitrogens with one attached hydrogen (secondary N) is 1. The number of hydrogen-bond donors (Lipinski definition) is 1. The molecule has 0 amide bonds. The van der Waals surface area contributed by atoms with Crippen LogP contribution in [0.15, 0.2) is 23.0 Å². The Morgan fingerprint density at radius 3 is 2.76 bits per heavy atom. The molecule has 17 heavy (non-hydrogen) atoms. The Bertz CT molecular complexity index is 561. The van der Waals surface area contributed by atoms with Crippen molar-refractivity contribution in [3.63, 3.8) is 0 Å². The largest absolute Gasteiger partial charge is 0.326 e. The minimum atomic E-state index is -0.329. The summed E-state index contributed by atoms with van der Waals surface area (Å²) < 4.78 is 14.6. The molecule has 1 aromatic carbocycles. The average Bonchev–Trinajstić information content (AvgIpc) is 2.51. The zero-order valence-corrected chi connectivity index (χ0v) is 10.6. The number of H-pyrrole nitrogens is 1. The maximum Gasteiger partial charge on any atom is 0.326 e. The highest BCUT2D eigenvalue weighted by molar-refractivity contribution is 5.85. The van der Waals surface area contributed by atoms with Crippen LogP contribution < -0.4 is 5.69 Å². The van der Waals surface area contributed by atoms with Gasteiger partial charge in [0.15, 0.2) is 0 Å². The molecule has 2 rings (SSSR count). The third-order valence-electron chi connectivity index (χ3n) is 2.51. The van der Waals surface area contributed by atoms with Crippen LogP contribution in [0.5, 0.6) is 0 Å². The van der Waals surface area contributed by atoms with Crippen LogP contribution >= 0.6 is 12.4 Å². The Morgan fingerprint density at radius 1 is 1.41 bits per heavy atom. The lowest BCUT2D eigenvalue weighted by atomic mass is 10.3. The van der Waals surface area contributed by atoms with E-state index < -0.39 is 0 Å². The number of benzene rings is 1. The first-order valence-corrected chi connectivity index (χ1v) is 5.11. The molecule has 1 heterocycles. The molecule has 2 aromatic rings. The van der Waals surface area contributed by atoms with Gasteiger partial charge in [-0.25, -0.2) is 9.18 Å². The first-order valence-electron chi connectivity index (χ1n) is 5.11. The van der Waals surface area contributed by atoms with E-state index in [4.69, 9.17) is 0 Å². The van der Waals surface area contributed by atoms with E-state index in [-0.39, 0.29) is 23.9 Å². The van der Waals surface area contributed by atoms with Crippen molar-refractivity contribution in [2.75, 3.05) is 20.6 Å². The standard InChI is InChI=1S/C11H14FN3O.ClH/c1-14(2)5-6-15-10-7-8(12)3-4-9(10)13-11(15)16;/h3-4,7H,5-6H2,1-2H3,(H,13,16);1H. The van der Waals surface area contributed by atoms with E-state index >= 15 is 0 Å². The van der Waals surface area contributed by atoms with Crippen LogP contribution in [0.3, 0.4) is 0 Å². The Balaban J connectivity index is 0.00000144. The minimum Gasteiger partial charge on any atom is -0.308 e. The second-order valence-corrected chi connectivity index (χ2v) is 4.05. The number of fused-ring (bicyclic) bond motifs is 1. The minimum absolute atomic E-state index is 0. The number of imidazole rings is 1. The van der Waals surface area contributed by atoms with E-state index in [1.165, 1.54) is 12.1 Å². The lowest BCUT2D eigenvalue weighted by Gasteiger charge is -2.09. The third-order valence-corrected chi connectivity index (χ3v) is 2.51. The molecule has 0 spiro atoms. The number of halogens is 2. The van der Waals surface area contributed by atoms with Gasteiger partial charge in [-0.3, -0.25) is 4.57 Å². The third kappa shape index (κ3) is 2.87. The summed E-state index contributed by atoms with van der Waals surface area (Å²) in [6.45, 7) is 1.29. The summed E-state index contributed by atoms with van der Waals surface area (Å²) in [6, 6.07) is 4.30. The van der Waals surface area contributed by atoms with Gasteiger partial charge in [0.25, 0.3) is 0 Å². The maximum absolute atomic E-state index is 13.1. The fourth-order valence-corrected chi connectivity index (χ4v) is 1.65. The first-order chi connectivity index (χ1) is 7.58. The van der Waals surface area contributed by atoms with Gasteiger partial charge in [-0.05, 0) is 32.3 Å². The van der Waals surface area contributed by atoms with E-state index in [1.807, 2.05) is 19.0 Å². The summed E-state index contributed by atoms with van der Waals surface area (Å²) in [4.78, 5) is 16.3. The molecule has 0 saturated heterocycles. The summed E-state index contributed by atoms with van der Waals surface area (Å²) in [5.74, 6) is -0.329. The molecule has 0 atom stereocenters. The average molecular weight is 260 g/mol. The van der Waals surface area contributed by atoms with E-state index in [2.05, 4.69) is 4.98 Å². The van der Waals surface area contributed by atoms with E-state index in [9.17, 15) is 9.18 Å². The number of likely N-dealkylation sites (N-methyl/N-ethyl adjacent to an activating group) is 1. The van der Waals surface area contributed by atoms with Gasteiger partial charge in [0.05, 0.1) is 11.0 Å². The van der Waals surface area contributed by atoms with Gasteiger partial charge in [-0.1, -0.05) is 0 Å². The van der Waals surface area contributed by atoms with Crippen molar-refractivity contribution in [1.29, 1.82) is 0 Å². The summed E-state index contributed by atoms with van der Waals surface area (Å²) in [5, 5.41) is 0. The molecular formula is C11H15ClFN3O. The molecule has 1 N–H and O–H groups in total. The monoisotopic (exact) mass is 259 g/mol. The van der Waals surface area contributed by atoms with Crippen molar-refractivity contribution in [2.45, 2.75) is 6.54 Å². The maximum atomic E-state index is 13.1. The Kier molecular flexibility index (Phi) is 4.31. The number of hydrogen-bond acceptors (Lipinski definition) is 2. The number of aromatic amines is 1. The lowest BCUT2D eigenvalue weighted by Crippen LogP contribution is -2.24. The van der Waals surface area contributed by atoms with Crippen LogP contribution in [0, 0.1) is 5.82 Å². The Hall–Kier alpha value is -1.33. The first kappa shape index (κ1) is 13.7. The molecule has 4 nitrogen and oxygen atoms in total. The summed E-state index contributed by atoms with van der Waals surface area (Å²) >= 11 is 0. The molecule has 0 fully saturated rings. The van der Waals surface area contributed by atoms with Gasteiger partial charge in [0, 0.05) is 13.1 Å². The summed E-state index contributed by atoms with van der Waals surface area (Å²) in [5.41, 5.74) is 1.10. The molecule has 0 aliphatic heterocycles. The van der Waals surface area contributed by atoms with Crippen LogP contribution in [0.25, 0.3) is 11.0 Å². The normalized spacial score (nSPS) is 10.8. The van der Waals surface area contributed by atoms with E-state index in [1.54, 1.807) is 10.6 Å². The van der Waals surface area contributed by atoms with Gasteiger partial charge in [-0.15, -0.1) is 12.4 Å². The van der Waals surface area contributed by atoms with Crippen molar-refractivity contribution >= 4 is 23.4 Å². The van der Waals surface area contributed by atoms with Crippen LogP contribution in [-0.4, -0.2) is 35.1 Å². The van der Waals surface area contributed by atoms with Crippen LogP contribution in [0.1, 0.15) is 0 Å². The molecule has 0 aliphatic rings. The van der Waals surface area contributed by atoms with E-state index in [0.29, 0.717) is 17.6 Å². The fraction of sp³-hybridized carbons (Fsp3) is 0.364. The molecule has 0 radical (unpaired) electrons. The topological polar surface area (TPSA) is 41.0 Å². The van der Waals surface area contributed by atoms with Crippen molar-refractivity contribution in [3.05, 3.63) is 34.5 Å². The highest BCUT2D eigenvalue weighted by Gasteiger charge is 2.07. The van der Waals surface area contributed by atoms with Crippen molar-refractivity contribution < 1.29 is 4.39 Å². The summed E-state index contributed by atoms with van der Waals surface area (Å²) in [7, 11) is 3.86. The predicted octanol–water partition coefficient (Wildman–Crippen LogP) is 1.45. The quantitative estimate of drug-likeness (QED) is 0.907. The number of rotatable bonds is 3. The van der Waals surface area contributed by atoms with Crippen molar-refractivity contribution in [3.8, 4) is 0 Å². The zero-order valence-electron chi connectivity index (χ0n) is 9.74. The lowest BCUT2D eigenvalue weighted by molar-refractivity contribution is 0.384. The van der Waals surface area contributed by atoms with Crippen LogP contribution in [0.2, 0.25) is 0 Å². The highest BCUT2D eigenvalue weighted by Crippen LogP contribution is 2.11. The second kappa shape index (κ2) is 5.33. The Labute approximate surface area is 104 Å². The molecule has 0 saturated carbocycles. The molecule has 94 valence electrons. The van der Waals surface area contributed by atoms with Gasteiger partial charge >= 0.3 is 5.69 Å². The van der Waals surface area contributed by atoms with Crippen molar-refractivity contribution in [2.24, 2.45) is 0 Å².